The maximum atomic E-state index is 13.8. The average Bonchev–Trinajstić information content (AvgIpc) is 0.818. The molecule has 0 saturated carbocycles. The minimum Gasteiger partial charge on any atom is -0.490 e. The fraction of sp³-hybridized carbons (Fsp3) is 0.938. The van der Waals surface area contributed by atoms with Gasteiger partial charge in [0.25, 0.3) is 0 Å². The Morgan fingerprint density at radius 1 is 0.473 bits per heavy atom. The number of ether oxygens (including phenoxy) is 7. The maximum absolute atomic E-state index is 13.8. The third-order valence-electron chi connectivity index (χ3n) is 16.9. The van der Waals surface area contributed by atoms with Gasteiger partial charge in [-0.05, 0) is 44.6 Å². The van der Waals surface area contributed by atoms with Gasteiger partial charge in [0, 0.05) is 26.7 Å². The zero-order valence-electron chi connectivity index (χ0n) is 56.4. The normalized spacial score (nSPS) is 22.9. The molecule has 0 spiro atoms. The Hall–Kier alpha value is -1.27. The fourth-order valence-electron chi connectivity index (χ4n) is 11.8. The predicted octanol–water partition coefficient (Wildman–Crippen LogP) is 14.3. The standard InChI is InChI=1S/C65H126NO22P3/c1-6-10-14-18-21-24-25-26-27-28-29-30-32-35-39-43-48-81-63-62(82-49-46-54(79-5)45-41-36-17-13-9-4)59(86-89(70,71)72)55(51-67)84-65(63)83-52-56-60(87-90(73,74)75)61(80-47-42-38-34-23-20-16-12-8-3)58(64(85-56)88-91(76,77)78)66-57(69)50-53(68)44-40-37-33-31-22-19-15-11-7-2/h43,48,54-56,58-65,67H,6-42,44-47,49-52H2,1-5H3,(H,66,69)(H2,70,71,72)(H2,73,74,75)(H2,76,77,78)/t54-,55+,56+,58-,59+,60+,61+,62-,63+,64+,65+/m0/s1. The number of methoxy groups -OCH3 is 1. The molecule has 0 radical (unpaired) electrons. The van der Waals surface area contributed by atoms with E-state index in [1.807, 2.05) is 0 Å². The van der Waals surface area contributed by atoms with E-state index in [9.17, 15) is 57.8 Å². The van der Waals surface area contributed by atoms with Crippen molar-refractivity contribution < 1.29 is 104 Å². The Morgan fingerprint density at radius 2 is 0.901 bits per heavy atom. The van der Waals surface area contributed by atoms with Crippen molar-refractivity contribution in [1.82, 2.24) is 5.32 Å². The van der Waals surface area contributed by atoms with Crippen molar-refractivity contribution in [2.45, 2.75) is 358 Å². The molecule has 0 aromatic rings. The number of nitrogens with one attached hydrogen (secondary N) is 1. The van der Waals surface area contributed by atoms with Crippen LogP contribution in [0.25, 0.3) is 0 Å². The van der Waals surface area contributed by atoms with Crippen LogP contribution in [0.5, 0.6) is 0 Å². The van der Waals surface area contributed by atoms with Gasteiger partial charge in [0.15, 0.2) is 18.7 Å². The second kappa shape index (κ2) is 52.8. The fourth-order valence-corrected chi connectivity index (χ4v) is 13.4. The Labute approximate surface area is 547 Å². The van der Waals surface area contributed by atoms with E-state index in [-0.39, 0.29) is 25.7 Å². The monoisotopic (exact) mass is 1370 g/mol. The molecular weight excluding hydrogens is 1240 g/mol. The van der Waals surface area contributed by atoms with Crippen molar-refractivity contribution >= 4 is 35.2 Å². The molecule has 0 unspecified atom stereocenters. The number of aliphatic hydroxyl groups is 1. The molecule has 0 aromatic carbocycles. The van der Waals surface area contributed by atoms with Crippen LogP contribution in [-0.2, 0) is 70.0 Å². The topological polar surface area (TPSA) is 331 Å². The number of aliphatic hydroxyl groups excluding tert-OH is 1. The maximum Gasteiger partial charge on any atom is 0.472 e. The van der Waals surface area contributed by atoms with Gasteiger partial charge >= 0.3 is 23.5 Å². The molecule has 23 nitrogen and oxygen atoms in total. The number of rotatable bonds is 61. The van der Waals surface area contributed by atoms with E-state index in [2.05, 4.69) is 33.0 Å². The molecule has 2 saturated heterocycles. The van der Waals surface area contributed by atoms with Crippen molar-refractivity contribution in [3.8, 4) is 0 Å². The van der Waals surface area contributed by atoms with Gasteiger partial charge in [0.05, 0.1) is 32.0 Å². The van der Waals surface area contributed by atoms with Crippen molar-refractivity contribution in [2.24, 2.45) is 0 Å². The number of carbonyl (C=O) groups excluding carboxylic acids is 2. The number of phosphoric acid groups is 3. The molecule has 0 aliphatic carbocycles. The highest BCUT2D eigenvalue weighted by atomic mass is 31.2. The zero-order chi connectivity index (χ0) is 67.0. The second-order valence-corrected chi connectivity index (χ2v) is 28.6. The summed E-state index contributed by atoms with van der Waals surface area (Å²) in [4.78, 5) is 89.2. The highest BCUT2D eigenvalue weighted by molar-refractivity contribution is 7.46. The predicted molar refractivity (Wildman–Crippen MR) is 351 cm³/mol. The number of Topliss-reactive ketones (excluding diaryl/α,β-unsaturated/α-hetero) is 1. The average molecular weight is 1370 g/mol. The van der Waals surface area contributed by atoms with Gasteiger partial charge in [-0.25, -0.2) is 13.7 Å². The summed E-state index contributed by atoms with van der Waals surface area (Å²) in [5.74, 6) is -1.30. The molecule has 2 aliphatic rings. The Bertz CT molecular complexity index is 1980. The first-order valence-electron chi connectivity index (χ1n) is 35.3. The Balaban J connectivity index is 2.54. The first-order valence-corrected chi connectivity index (χ1v) is 39.9. The highest BCUT2D eigenvalue weighted by Crippen LogP contribution is 2.47. The third kappa shape index (κ3) is 42.9. The second-order valence-electron chi connectivity index (χ2n) is 25.1. The molecule has 2 aliphatic heterocycles. The van der Waals surface area contributed by atoms with E-state index in [0.717, 1.165) is 135 Å². The first-order chi connectivity index (χ1) is 43.7. The lowest BCUT2D eigenvalue weighted by atomic mass is 9.96. The lowest BCUT2D eigenvalue weighted by Crippen LogP contribution is -2.66. The first kappa shape index (κ1) is 85.8. The van der Waals surface area contributed by atoms with Crippen molar-refractivity contribution in [2.75, 3.05) is 33.5 Å². The Kier molecular flexibility index (Phi) is 49.8. The van der Waals surface area contributed by atoms with Gasteiger partial charge in [-0.3, -0.25) is 23.2 Å². The van der Waals surface area contributed by atoms with Gasteiger partial charge in [0.1, 0.15) is 48.4 Å². The molecule has 538 valence electrons. The van der Waals surface area contributed by atoms with Crippen LogP contribution in [0, 0.1) is 0 Å². The van der Waals surface area contributed by atoms with Crippen LogP contribution in [0.4, 0.5) is 0 Å². The summed E-state index contributed by atoms with van der Waals surface area (Å²) in [5, 5.41) is 13.4. The van der Waals surface area contributed by atoms with Crippen LogP contribution < -0.4 is 5.32 Å². The minimum absolute atomic E-state index is 0.0478. The summed E-state index contributed by atoms with van der Waals surface area (Å²) in [5.41, 5.74) is 0. The van der Waals surface area contributed by atoms with Gasteiger partial charge in [-0.2, -0.15) is 0 Å². The number of hydrogen-bond donors (Lipinski definition) is 8. The van der Waals surface area contributed by atoms with Gasteiger partial charge in [-0.15, -0.1) is 0 Å². The van der Waals surface area contributed by atoms with E-state index >= 15 is 0 Å². The zero-order valence-corrected chi connectivity index (χ0v) is 59.1. The van der Waals surface area contributed by atoms with Gasteiger partial charge in [0.2, 0.25) is 5.91 Å². The summed E-state index contributed by atoms with van der Waals surface area (Å²) in [6.07, 6.45) is 26.9. The summed E-state index contributed by atoms with van der Waals surface area (Å²) in [6, 6.07) is -1.75. The SMILES string of the molecule is CCCCCCCCCCCCCCCCC=CO[C@H]1[C@H](OC[C@H]2O[C@H](OP(=O)(O)O)[C@@H](NC(=O)CC(=O)CCCCCCCCCCC)[C@@H](OCCCCCCCCCC)[C@@H]2OP(=O)(O)O)O[C@H](CO)[C@@H](OP(=O)(O)O)[C@@H]1OCC[C@H](CCCCCCC)OC. The van der Waals surface area contributed by atoms with Gasteiger partial charge < -0.3 is 72.9 Å². The number of allylic oxidation sites excluding steroid dienone is 1. The third-order valence-corrected chi connectivity index (χ3v) is 18.4. The number of hydrogen-bond acceptors (Lipinski definition) is 16. The molecule has 0 bridgehead atoms. The van der Waals surface area contributed by atoms with Crippen molar-refractivity contribution in [3.05, 3.63) is 12.3 Å². The number of amides is 1. The van der Waals surface area contributed by atoms with E-state index in [4.69, 9.17) is 46.7 Å². The molecular formula is C65H126NO22P3. The van der Waals surface area contributed by atoms with E-state index < -0.39 is 116 Å². The summed E-state index contributed by atoms with van der Waals surface area (Å²) in [6.45, 7) is 6.82. The molecule has 2 rings (SSSR count). The summed E-state index contributed by atoms with van der Waals surface area (Å²) < 4.78 is 98.0. The molecule has 8 N–H and O–H groups in total. The van der Waals surface area contributed by atoms with Crippen molar-refractivity contribution in [1.29, 1.82) is 0 Å². The molecule has 2 heterocycles. The van der Waals surface area contributed by atoms with E-state index in [0.29, 0.717) is 38.5 Å². The molecule has 91 heavy (non-hydrogen) atoms. The Morgan fingerprint density at radius 3 is 1.37 bits per heavy atom. The number of phosphoric ester groups is 3. The largest absolute Gasteiger partial charge is 0.490 e. The highest BCUT2D eigenvalue weighted by Gasteiger charge is 2.55. The lowest BCUT2D eigenvalue weighted by molar-refractivity contribution is -0.321. The lowest BCUT2D eigenvalue weighted by Gasteiger charge is -2.47. The van der Waals surface area contributed by atoms with Crippen molar-refractivity contribution in [3.63, 3.8) is 0 Å². The summed E-state index contributed by atoms with van der Waals surface area (Å²) >= 11 is 0. The number of ketones is 1. The van der Waals surface area contributed by atoms with Crippen LogP contribution in [-0.4, -0.2) is 147 Å². The molecule has 0 aromatic heterocycles. The van der Waals surface area contributed by atoms with Crippen LogP contribution in [0.15, 0.2) is 12.3 Å². The minimum atomic E-state index is -5.54. The van der Waals surface area contributed by atoms with E-state index in [1.165, 1.54) is 83.3 Å². The van der Waals surface area contributed by atoms with Gasteiger partial charge in [-0.1, -0.05) is 240 Å². The number of carbonyl (C=O) groups is 2. The quantitative estimate of drug-likeness (QED) is 0.0121. The van der Waals surface area contributed by atoms with Crippen LogP contribution in [0.1, 0.15) is 291 Å². The summed E-state index contributed by atoms with van der Waals surface area (Å²) in [7, 11) is -14.8. The molecule has 1 amide bonds. The van der Waals surface area contributed by atoms with E-state index in [1.54, 1.807) is 13.2 Å². The smallest absolute Gasteiger partial charge is 0.472 e. The molecule has 11 atom stereocenters. The van der Waals surface area contributed by atoms with Crippen LogP contribution >= 0.6 is 23.5 Å². The van der Waals surface area contributed by atoms with Crippen LogP contribution in [0.2, 0.25) is 0 Å². The molecule has 26 heteroatoms. The number of unbranched alkanes of at least 4 members (excludes halogenated alkanes) is 33. The molecule has 2 fully saturated rings. The van der Waals surface area contributed by atoms with Crippen LogP contribution in [0.3, 0.4) is 0 Å².